The van der Waals surface area contributed by atoms with Crippen molar-refractivity contribution in [3.8, 4) is 0 Å². The lowest BCUT2D eigenvalue weighted by molar-refractivity contribution is -0.0492. The molecule has 0 saturated heterocycles. The molecule has 26 heavy (non-hydrogen) atoms. The van der Waals surface area contributed by atoms with Gasteiger partial charge in [-0.1, -0.05) is 0 Å². The summed E-state index contributed by atoms with van der Waals surface area (Å²) in [6.07, 6.45) is 8.82. The van der Waals surface area contributed by atoms with Crippen LogP contribution in [0.2, 0.25) is 0 Å². The number of aryl methyl sites for hydroxylation is 2. The van der Waals surface area contributed by atoms with Gasteiger partial charge in [0, 0.05) is 38.4 Å². The SMILES string of the molecule is CN=C(NCc1c(C)nn(C)c1C)NCC12CC3CC(CC(C3)C1)C2.I. The van der Waals surface area contributed by atoms with E-state index in [0.717, 1.165) is 42.5 Å². The van der Waals surface area contributed by atoms with E-state index in [1.807, 2.05) is 18.8 Å². The minimum absolute atomic E-state index is 0. The Balaban J connectivity index is 0.00000196. The molecule has 6 heteroatoms. The highest BCUT2D eigenvalue weighted by atomic mass is 127. The van der Waals surface area contributed by atoms with Crippen LogP contribution in [0.4, 0.5) is 0 Å². The first-order chi connectivity index (χ1) is 12.0. The lowest BCUT2D eigenvalue weighted by Gasteiger charge is -2.57. The van der Waals surface area contributed by atoms with Gasteiger partial charge in [-0.2, -0.15) is 5.10 Å². The van der Waals surface area contributed by atoms with Gasteiger partial charge in [0.15, 0.2) is 5.96 Å². The van der Waals surface area contributed by atoms with Gasteiger partial charge < -0.3 is 10.6 Å². The van der Waals surface area contributed by atoms with Gasteiger partial charge in [0.05, 0.1) is 5.69 Å². The fourth-order valence-electron chi connectivity index (χ4n) is 6.24. The van der Waals surface area contributed by atoms with Gasteiger partial charge in [-0.25, -0.2) is 0 Å². The molecule has 146 valence electrons. The summed E-state index contributed by atoms with van der Waals surface area (Å²) in [5, 5.41) is 11.7. The quantitative estimate of drug-likeness (QED) is 0.402. The maximum atomic E-state index is 4.50. The molecular formula is C20H34IN5. The summed E-state index contributed by atoms with van der Waals surface area (Å²) in [6, 6.07) is 0. The number of hydrogen-bond acceptors (Lipinski definition) is 2. The molecule has 0 unspecified atom stereocenters. The van der Waals surface area contributed by atoms with Crippen molar-refractivity contribution in [2.75, 3.05) is 13.6 Å². The van der Waals surface area contributed by atoms with Crippen molar-refractivity contribution in [1.82, 2.24) is 20.4 Å². The largest absolute Gasteiger partial charge is 0.356 e. The second-order valence-electron chi connectivity index (χ2n) is 8.97. The lowest BCUT2D eigenvalue weighted by Crippen LogP contribution is -2.52. The van der Waals surface area contributed by atoms with Gasteiger partial charge in [0.2, 0.25) is 0 Å². The zero-order chi connectivity index (χ0) is 17.6. The van der Waals surface area contributed by atoms with E-state index in [0.29, 0.717) is 5.41 Å². The third-order valence-electron chi connectivity index (χ3n) is 7.11. The van der Waals surface area contributed by atoms with Crippen LogP contribution >= 0.6 is 24.0 Å². The van der Waals surface area contributed by atoms with Gasteiger partial charge in [0.1, 0.15) is 0 Å². The standard InChI is InChI=1S/C20H33N5.HI/c1-13-18(14(2)25(4)24-13)11-22-19(21-3)23-12-20-8-15-5-16(9-20)7-17(6-15)10-20;/h15-17H,5-12H2,1-4H3,(H2,21,22,23);1H. The van der Waals surface area contributed by atoms with Crippen molar-refractivity contribution in [2.45, 2.75) is 58.9 Å². The molecule has 4 saturated carbocycles. The molecule has 0 spiro atoms. The van der Waals surface area contributed by atoms with Crippen LogP contribution in [0.1, 0.15) is 55.5 Å². The molecule has 0 amide bonds. The second kappa shape index (κ2) is 7.68. The monoisotopic (exact) mass is 471 g/mol. The fourth-order valence-corrected chi connectivity index (χ4v) is 6.24. The molecule has 2 N–H and O–H groups in total. The molecule has 0 atom stereocenters. The van der Waals surface area contributed by atoms with Gasteiger partial charge in [0.25, 0.3) is 0 Å². The van der Waals surface area contributed by atoms with E-state index in [-0.39, 0.29) is 24.0 Å². The Kier molecular flexibility index (Phi) is 5.89. The van der Waals surface area contributed by atoms with Crippen LogP contribution in [-0.4, -0.2) is 29.3 Å². The van der Waals surface area contributed by atoms with Crippen molar-refractivity contribution >= 4 is 29.9 Å². The first kappa shape index (κ1) is 20.0. The number of hydrogen-bond donors (Lipinski definition) is 2. The van der Waals surface area contributed by atoms with E-state index in [4.69, 9.17) is 0 Å². The molecule has 4 fully saturated rings. The smallest absolute Gasteiger partial charge is 0.191 e. The third kappa shape index (κ3) is 3.76. The fraction of sp³-hybridized carbons (Fsp3) is 0.800. The Morgan fingerprint density at radius 2 is 1.69 bits per heavy atom. The number of aromatic nitrogens is 2. The van der Waals surface area contributed by atoms with E-state index in [2.05, 4.69) is 34.6 Å². The Labute approximate surface area is 174 Å². The number of halogens is 1. The van der Waals surface area contributed by atoms with Crippen LogP contribution in [0.15, 0.2) is 4.99 Å². The molecule has 1 heterocycles. The number of nitrogens with zero attached hydrogens (tertiary/aromatic N) is 3. The van der Waals surface area contributed by atoms with Crippen LogP contribution in [0.5, 0.6) is 0 Å². The molecule has 5 nitrogen and oxygen atoms in total. The molecular weight excluding hydrogens is 437 g/mol. The summed E-state index contributed by atoms with van der Waals surface area (Å²) in [5.74, 6) is 3.94. The van der Waals surface area contributed by atoms with Crippen molar-refractivity contribution in [2.24, 2.45) is 35.2 Å². The van der Waals surface area contributed by atoms with Crippen molar-refractivity contribution in [1.29, 1.82) is 0 Å². The van der Waals surface area contributed by atoms with E-state index < -0.39 is 0 Å². The topological polar surface area (TPSA) is 54.2 Å². The normalized spacial score (nSPS) is 32.5. The summed E-state index contributed by atoms with van der Waals surface area (Å²) >= 11 is 0. The van der Waals surface area contributed by atoms with Gasteiger partial charge >= 0.3 is 0 Å². The van der Waals surface area contributed by atoms with Gasteiger partial charge in [-0.3, -0.25) is 9.67 Å². The van der Waals surface area contributed by atoms with Crippen LogP contribution in [0.3, 0.4) is 0 Å². The molecule has 5 rings (SSSR count). The number of rotatable bonds is 4. The van der Waals surface area contributed by atoms with E-state index in [1.165, 1.54) is 49.8 Å². The molecule has 4 aliphatic rings. The van der Waals surface area contributed by atoms with Crippen molar-refractivity contribution in [3.63, 3.8) is 0 Å². The average molecular weight is 471 g/mol. The molecule has 0 aromatic carbocycles. The predicted octanol–water partition coefficient (Wildman–Crippen LogP) is 3.54. The number of nitrogens with one attached hydrogen (secondary N) is 2. The zero-order valence-electron chi connectivity index (χ0n) is 16.6. The Morgan fingerprint density at radius 3 is 2.15 bits per heavy atom. The first-order valence-electron chi connectivity index (χ1n) is 9.91. The molecule has 1 aromatic rings. The zero-order valence-corrected chi connectivity index (χ0v) is 19.0. The van der Waals surface area contributed by atoms with Crippen molar-refractivity contribution in [3.05, 3.63) is 17.0 Å². The van der Waals surface area contributed by atoms with Crippen LogP contribution in [-0.2, 0) is 13.6 Å². The number of aliphatic imine (C=N–C) groups is 1. The van der Waals surface area contributed by atoms with Gasteiger partial charge in [-0.05, 0) is 75.5 Å². The van der Waals surface area contributed by atoms with E-state index >= 15 is 0 Å². The molecule has 0 radical (unpaired) electrons. The van der Waals surface area contributed by atoms with E-state index in [9.17, 15) is 0 Å². The predicted molar refractivity (Wildman–Crippen MR) is 117 cm³/mol. The lowest BCUT2D eigenvalue weighted by atomic mass is 9.49. The van der Waals surface area contributed by atoms with Crippen molar-refractivity contribution < 1.29 is 0 Å². The maximum Gasteiger partial charge on any atom is 0.191 e. The highest BCUT2D eigenvalue weighted by Crippen LogP contribution is 2.59. The van der Waals surface area contributed by atoms with Crippen LogP contribution in [0, 0.1) is 37.0 Å². The summed E-state index contributed by atoms with van der Waals surface area (Å²) in [6.45, 7) is 6.07. The second-order valence-corrected chi connectivity index (χ2v) is 8.97. The minimum atomic E-state index is 0. The number of guanidine groups is 1. The third-order valence-corrected chi connectivity index (χ3v) is 7.11. The molecule has 1 aromatic heterocycles. The molecule has 4 aliphatic carbocycles. The molecule has 0 aliphatic heterocycles. The average Bonchev–Trinajstić information content (AvgIpc) is 2.79. The summed E-state index contributed by atoms with van der Waals surface area (Å²) in [5.41, 5.74) is 4.14. The molecule has 4 bridgehead atoms. The summed E-state index contributed by atoms with van der Waals surface area (Å²) in [7, 11) is 3.88. The highest BCUT2D eigenvalue weighted by Gasteiger charge is 2.50. The van der Waals surface area contributed by atoms with E-state index in [1.54, 1.807) is 0 Å². The van der Waals surface area contributed by atoms with Gasteiger partial charge in [-0.15, -0.1) is 24.0 Å². The summed E-state index contributed by atoms with van der Waals surface area (Å²) < 4.78 is 1.96. The van der Waals surface area contributed by atoms with Crippen LogP contribution in [0.25, 0.3) is 0 Å². The maximum absolute atomic E-state index is 4.50. The first-order valence-corrected chi connectivity index (χ1v) is 9.91. The Hall–Kier alpha value is -0.790. The Bertz CT molecular complexity index is 643. The highest BCUT2D eigenvalue weighted by molar-refractivity contribution is 14.0. The minimum Gasteiger partial charge on any atom is -0.356 e. The summed E-state index contributed by atoms with van der Waals surface area (Å²) in [4.78, 5) is 4.45. The van der Waals surface area contributed by atoms with Crippen LogP contribution < -0.4 is 10.6 Å². The Morgan fingerprint density at radius 1 is 1.12 bits per heavy atom.